The number of nitrogens with one attached hydrogen (secondary N) is 4. The molecule has 2 aromatic rings. The van der Waals surface area contributed by atoms with E-state index >= 15 is 0 Å². The number of primary sulfonamides is 1. The van der Waals surface area contributed by atoms with Gasteiger partial charge in [0.15, 0.2) is 0 Å². The Morgan fingerprint density at radius 3 is 2.55 bits per heavy atom. The molecule has 33 heavy (non-hydrogen) atoms. The van der Waals surface area contributed by atoms with Crippen LogP contribution < -0.4 is 26.4 Å². The van der Waals surface area contributed by atoms with E-state index in [0.29, 0.717) is 11.3 Å². The molecule has 1 aliphatic heterocycles. The zero-order valence-corrected chi connectivity index (χ0v) is 18.1. The quantitative estimate of drug-likeness (QED) is 0.208. The van der Waals surface area contributed by atoms with E-state index in [0.717, 1.165) is 12.1 Å². The van der Waals surface area contributed by atoms with Gasteiger partial charge in [-0.2, -0.15) is 0 Å². The Kier molecular flexibility index (Phi) is 6.32. The summed E-state index contributed by atoms with van der Waals surface area (Å²) in [7, 11) is -4.11. The van der Waals surface area contributed by atoms with Crippen LogP contribution in [0.1, 0.15) is 18.9 Å². The molecule has 0 spiro atoms. The number of nitro groups is 1. The summed E-state index contributed by atoms with van der Waals surface area (Å²) in [6.45, 7) is 1.55. The molecule has 1 atom stereocenters. The van der Waals surface area contributed by atoms with Crippen molar-refractivity contribution in [2.45, 2.75) is 23.8 Å². The Morgan fingerprint density at radius 2 is 1.94 bits per heavy atom. The molecule has 0 bridgehead atoms. The summed E-state index contributed by atoms with van der Waals surface area (Å²) in [6, 6.07) is 8.93. The van der Waals surface area contributed by atoms with Crippen molar-refractivity contribution in [1.29, 1.82) is 0 Å². The van der Waals surface area contributed by atoms with Crippen molar-refractivity contribution >= 4 is 44.9 Å². The highest BCUT2D eigenvalue weighted by atomic mass is 32.2. The van der Waals surface area contributed by atoms with E-state index in [9.17, 15) is 32.9 Å². The van der Waals surface area contributed by atoms with Gasteiger partial charge in [-0.05, 0) is 36.8 Å². The minimum Gasteiger partial charge on any atom is -0.379 e. The van der Waals surface area contributed by atoms with Gasteiger partial charge < -0.3 is 16.0 Å². The molecule has 0 aromatic heterocycles. The Labute approximate surface area is 187 Å². The first kappa shape index (κ1) is 23.6. The van der Waals surface area contributed by atoms with Gasteiger partial charge in [0.05, 0.1) is 9.82 Å². The molecule has 14 heteroatoms. The van der Waals surface area contributed by atoms with E-state index in [2.05, 4.69) is 21.3 Å². The largest absolute Gasteiger partial charge is 0.379 e. The van der Waals surface area contributed by atoms with E-state index in [1.54, 1.807) is 24.3 Å². The van der Waals surface area contributed by atoms with Crippen LogP contribution in [0.2, 0.25) is 0 Å². The third-order valence-corrected chi connectivity index (χ3v) is 5.84. The highest BCUT2D eigenvalue weighted by molar-refractivity contribution is 7.89. The molecule has 0 saturated carbocycles. The number of nitrogens with two attached hydrogens (primary N) is 1. The zero-order valence-electron chi connectivity index (χ0n) is 17.2. The zero-order chi connectivity index (χ0) is 24.4. The van der Waals surface area contributed by atoms with Gasteiger partial charge in [-0.25, -0.2) is 18.4 Å². The Morgan fingerprint density at radius 1 is 1.21 bits per heavy atom. The van der Waals surface area contributed by atoms with Crippen LogP contribution in [0.3, 0.4) is 0 Å². The Hall–Kier alpha value is -4.04. The SMILES string of the molecule is CC1(c2cccc(NC(=O)CCNc3ccc(S(N)(=O)=O)cc3[N+](=O)[O-])c2)NC(=O)NC1=O. The maximum Gasteiger partial charge on any atom is 0.322 e. The third kappa shape index (κ3) is 5.24. The first-order valence-electron chi connectivity index (χ1n) is 9.49. The van der Waals surface area contributed by atoms with Gasteiger partial charge in [-0.3, -0.25) is 25.0 Å². The van der Waals surface area contributed by atoms with Crippen molar-refractivity contribution in [3.63, 3.8) is 0 Å². The average Bonchev–Trinajstić information content (AvgIpc) is 2.99. The second-order valence-electron chi connectivity index (χ2n) is 7.32. The maximum atomic E-state index is 12.3. The van der Waals surface area contributed by atoms with Gasteiger partial charge in [-0.1, -0.05) is 12.1 Å². The fourth-order valence-corrected chi connectivity index (χ4v) is 3.71. The van der Waals surface area contributed by atoms with Crippen LogP contribution in [0.4, 0.5) is 21.9 Å². The highest BCUT2D eigenvalue weighted by Crippen LogP contribution is 2.28. The molecule has 174 valence electrons. The van der Waals surface area contributed by atoms with Crippen molar-refractivity contribution < 1.29 is 27.7 Å². The van der Waals surface area contributed by atoms with E-state index in [1.165, 1.54) is 13.0 Å². The van der Waals surface area contributed by atoms with Crippen LogP contribution in [0.25, 0.3) is 0 Å². The number of urea groups is 1. The lowest BCUT2D eigenvalue weighted by Crippen LogP contribution is -2.40. The smallest absolute Gasteiger partial charge is 0.322 e. The van der Waals surface area contributed by atoms with Crippen molar-refractivity contribution in [2.75, 3.05) is 17.2 Å². The van der Waals surface area contributed by atoms with Crippen molar-refractivity contribution in [3.05, 3.63) is 58.1 Å². The normalized spacial score (nSPS) is 17.8. The molecule has 1 saturated heterocycles. The summed E-state index contributed by atoms with van der Waals surface area (Å²) < 4.78 is 22.8. The van der Waals surface area contributed by atoms with Gasteiger partial charge in [0.2, 0.25) is 15.9 Å². The van der Waals surface area contributed by atoms with E-state index in [-0.39, 0.29) is 18.7 Å². The molecule has 1 fully saturated rings. The lowest BCUT2D eigenvalue weighted by molar-refractivity contribution is -0.384. The Balaban J connectivity index is 1.64. The van der Waals surface area contributed by atoms with E-state index < -0.39 is 48.9 Å². The number of carbonyl (C=O) groups is 3. The van der Waals surface area contributed by atoms with Gasteiger partial charge in [0.1, 0.15) is 11.2 Å². The molecule has 6 N–H and O–H groups in total. The summed E-state index contributed by atoms with van der Waals surface area (Å²) >= 11 is 0. The molecular formula is C19H20N6O7S. The van der Waals surface area contributed by atoms with Crippen molar-refractivity contribution in [1.82, 2.24) is 10.6 Å². The Bertz CT molecular complexity index is 1260. The predicted octanol–water partition coefficient (Wildman–Crippen LogP) is 0.738. The van der Waals surface area contributed by atoms with Crippen LogP contribution in [-0.4, -0.2) is 37.7 Å². The molecule has 0 aliphatic carbocycles. The molecule has 1 heterocycles. The number of sulfonamides is 1. The lowest BCUT2D eigenvalue weighted by atomic mass is 9.92. The molecule has 1 unspecified atom stereocenters. The van der Waals surface area contributed by atoms with Crippen LogP contribution >= 0.6 is 0 Å². The number of nitrogens with zero attached hydrogens (tertiary/aromatic N) is 1. The number of benzene rings is 2. The van der Waals surface area contributed by atoms with Crippen molar-refractivity contribution in [2.24, 2.45) is 5.14 Å². The number of hydrogen-bond acceptors (Lipinski definition) is 8. The first-order chi connectivity index (χ1) is 15.4. The molecule has 4 amide bonds. The van der Waals surface area contributed by atoms with Crippen LogP contribution in [0.15, 0.2) is 47.4 Å². The summed E-state index contributed by atoms with van der Waals surface area (Å²) in [4.78, 5) is 45.9. The highest BCUT2D eigenvalue weighted by Gasteiger charge is 2.43. The fraction of sp³-hybridized carbons (Fsp3) is 0.211. The van der Waals surface area contributed by atoms with E-state index in [4.69, 9.17) is 5.14 Å². The number of imide groups is 1. The molecule has 0 radical (unpaired) electrons. The average molecular weight is 476 g/mol. The molecule has 3 rings (SSSR count). The predicted molar refractivity (Wildman–Crippen MR) is 117 cm³/mol. The standard InChI is InChI=1S/C19H20N6O7S/c1-19(17(27)23-18(28)24-19)11-3-2-4-12(9-11)22-16(26)7-8-21-14-6-5-13(33(20,31)32)10-15(14)25(29)30/h2-6,9-10,21H,7-8H2,1H3,(H,22,26)(H2,20,31,32)(H2,23,24,27,28). The monoisotopic (exact) mass is 476 g/mol. The number of amides is 4. The van der Waals surface area contributed by atoms with Crippen LogP contribution in [-0.2, 0) is 25.2 Å². The minimum absolute atomic E-state index is 0.0112. The summed E-state index contributed by atoms with van der Waals surface area (Å²) in [5.74, 6) is -0.941. The number of rotatable bonds is 8. The van der Waals surface area contributed by atoms with Crippen LogP contribution in [0.5, 0.6) is 0 Å². The third-order valence-electron chi connectivity index (χ3n) is 4.93. The molecular weight excluding hydrogens is 456 g/mol. The first-order valence-corrected chi connectivity index (χ1v) is 11.0. The summed E-state index contributed by atoms with van der Waals surface area (Å²) in [6.07, 6.45) is -0.0766. The van der Waals surface area contributed by atoms with Gasteiger partial charge in [-0.15, -0.1) is 0 Å². The van der Waals surface area contributed by atoms with Gasteiger partial charge in [0, 0.05) is 24.7 Å². The summed E-state index contributed by atoms with van der Waals surface area (Å²) in [5, 5.41) is 26.3. The number of carbonyl (C=O) groups excluding carboxylic acids is 3. The lowest BCUT2D eigenvalue weighted by Gasteiger charge is -2.21. The fourth-order valence-electron chi connectivity index (χ4n) is 3.18. The second-order valence-corrected chi connectivity index (χ2v) is 8.88. The second kappa shape index (κ2) is 8.84. The van der Waals surface area contributed by atoms with Crippen LogP contribution in [0, 0.1) is 10.1 Å². The topological polar surface area (TPSA) is 203 Å². The molecule has 13 nitrogen and oxygen atoms in total. The number of nitro benzene ring substituents is 1. The minimum atomic E-state index is -4.11. The van der Waals surface area contributed by atoms with E-state index in [1.807, 2.05) is 0 Å². The number of anilines is 2. The molecule has 2 aromatic carbocycles. The van der Waals surface area contributed by atoms with Crippen molar-refractivity contribution in [3.8, 4) is 0 Å². The van der Waals surface area contributed by atoms with Gasteiger partial charge >= 0.3 is 6.03 Å². The maximum absolute atomic E-state index is 12.3. The van der Waals surface area contributed by atoms with Gasteiger partial charge in [0.25, 0.3) is 11.6 Å². The number of hydrogen-bond donors (Lipinski definition) is 5. The summed E-state index contributed by atoms with van der Waals surface area (Å²) in [5.41, 5.74) is -0.900. The molecule has 1 aliphatic rings.